The van der Waals surface area contributed by atoms with Crippen molar-refractivity contribution >= 4 is 11.8 Å². The largest absolute Gasteiger partial charge is 0.497 e. The van der Waals surface area contributed by atoms with Gasteiger partial charge in [-0.25, -0.2) is 0 Å². The van der Waals surface area contributed by atoms with Crippen molar-refractivity contribution in [2.75, 3.05) is 20.2 Å². The Hall–Kier alpha value is -2.82. The zero-order valence-corrected chi connectivity index (χ0v) is 14.3. The maximum atomic E-state index is 12.6. The van der Waals surface area contributed by atoms with Gasteiger partial charge in [0, 0.05) is 12.1 Å². The second-order valence-electron chi connectivity index (χ2n) is 6.07. The van der Waals surface area contributed by atoms with Crippen LogP contribution in [0.25, 0.3) is 0 Å². The van der Waals surface area contributed by atoms with Crippen LogP contribution >= 0.6 is 0 Å². The van der Waals surface area contributed by atoms with E-state index < -0.39 is 0 Å². The Morgan fingerprint density at radius 2 is 1.84 bits per heavy atom. The van der Waals surface area contributed by atoms with Crippen molar-refractivity contribution in [2.45, 2.75) is 18.9 Å². The van der Waals surface area contributed by atoms with Crippen LogP contribution in [0, 0.1) is 0 Å². The summed E-state index contributed by atoms with van der Waals surface area (Å²) in [4.78, 5) is 26.5. The monoisotopic (exact) mass is 338 g/mol. The van der Waals surface area contributed by atoms with Gasteiger partial charge >= 0.3 is 0 Å². The fourth-order valence-electron chi connectivity index (χ4n) is 3.19. The summed E-state index contributed by atoms with van der Waals surface area (Å²) in [6, 6.07) is 16.8. The van der Waals surface area contributed by atoms with Gasteiger partial charge in [-0.05, 0) is 42.7 Å². The smallest absolute Gasteiger partial charge is 0.251 e. The van der Waals surface area contributed by atoms with Crippen molar-refractivity contribution < 1.29 is 14.3 Å². The molecule has 0 aliphatic carbocycles. The number of ether oxygens (including phenoxy) is 1. The van der Waals surface area contributed by atoms with Crippen molar-refractivity contribution in [1.29, 1.82) is 0 Å². The standard InChI is InChI=1S/C20H22N2O3/c1-25-17-11-9-15(10-12-17)18-8-5-13-22(18)19(23)14-21-20(24)16-6-3-2-4-7-16/h2-4,6-7,9-12,18H,5,8,13-14H2,1H3,(H,21,24). The van der Waals surface area contributed by atoms with E-state index >= 15 is 0 Å². The SMILES string of the molecule is COc1ccc(C2CCCN2C(=O)CNC(=O)c2ccccc2)cc1. The molecule has 0 saturated carbocycles. The Labute approximate surface area is 147 Å². The highest BCUT2D eigenvalue weighted by atomic mass is 16.5. The second-order valence-corrected chi connectivity index (χ2v) is 6.07. The lowest BCUT2D eigenvalue weighted by molar-refractivity contribution is -0.131. The van der Waals surface area contributed by atoms with E-state index in [2.05, 4.69) is 5.32 Å². The molecule has 5 nitrogen and oxygen atoms in total. The summed E-state index contributed by atoms with van der Waals surface area (Å²) in [7, 11) is 1.63. The van der Waals surface area contributed by atoms with E-state index in [1.54, 1.807) is 31.4 Å². The van der Waals surface area contributed by atoms with Crippen LogP contribution in [-0.4, -0.2) is 36.9 Å². The maximum absolute atomic E-state index is 12.6. The van der Waals surface area contributed by atoms with Gasteiger partial charge in [-0.15, -0.1) is 0 Å². The second kappa shape index (κ2) is 7.83. The topological polar surface area (TPSA) is 58.6 Å². The fraction of sp³-hybridized carbons (Fsp3) is 0.300. The van der Waals surface area contributed by atoms with Crippen LogP contribution in [0.4, 0.5) is 0 Å². The van der Waals surface area contributed by atoms with E-state index in [-0.39, 0.29) is 24.4 Å². The molecule has 2 aromatic rings. The Morgan fingerprint density at radius 1 is 1.12 bits per heavy atom. The van der Waals surface area contributed by atoms with Crippen molar-refractivity contribution in [3.63, 3.8) is 0 Å². The molecule has 1 fully saturated rings. The number of rotatable bonds is 5. The molecule has 2 amide bonds. The van der Waals surface area contributed by atoms with E-state index in [1.165, 1.54) is 0 Å². The fourth-order valence-corrected chi connectivity index (χ4v) is 3.19. The van der Waals surface area contributed by atoms with Crippen LogP contribution in [0.3, 0.4) is 0 Å². The summed E-state index contributed by atoms with van der Waals surface area (Å²) in [6.07, 6.45) is 1.90. The van der Waals surface area contributed by atoms with E-state index in [0.29, 0.717) is 5.56 Å². The van der Waals surface area contributed by atoms with Crippen LogP contribution in [0.2, 0.25) is 0 Å². The molecule has 1 saturated heterocycles. The molecule has 1 aliphatic rings. The third-order valence-corrected chi connectivity index (χ3v) is 4.51. The Kier molecular flexibility index (Phi) is 5.33. The predicted molar refractivity (Wildman–Crippen MR) is 95.5 cm³/mol. The van der Waals surface area contributed by atoms with E-state index in [0.717, 1.165) is 30.7 Å². The zero-order chi connectivity index (χ0) is 17.6. The van der Waals surface area contributed by atoms with Gasteiger partial charge < -0.3 is 15.0 Å². The first-order valence-electron chi connectivity index (χ1n) is 8.45. The lowest BCUT2D eigenvalue weighted by Crippen LogP contribution is -2.39. The summed E-state index contributed by atoms with van der Waals surface area (Å²) < 4.78 is 5.19. The molecule has 25 heavy (non-hydrogen) atoms. The molecule has 1 atom stereocenters. The highest BCUT2D eigenvalue weighted by Crippen LogP contribution is 2.32. The van der Waals surface area contributed by atoms with Crippen molar-refractivity contribution in [3.05, 3.63) is 65.7 Å². The van der Waals surface area contributed by atoms with Gasteiger partial charge in [0.25, 0.3) is 5.91 Å². The minimum atomic E-state index is -0.228. The van der Waals surface area contributed by atoms with Gasteiger partial charge in [-0.2, -0.15) is 0 Å². The first kappa shape index (κ1) is 17.0. The van der Waals surface area contributed by atoms with Gasteiger partial charge in [0.1, 0.15) is 5.75 Å². The predicted octanol–water partition coefficient (Wildman–Crippen LogP) is 2.79. The molecule has 0 spiro atoms. The lowest BCUT2D eigenvalue weighted by atomic mass is 10.0. The number of benzene rings is 2. The number of methoxy groups -OCH3 is 1. The summed E-state index contributed by atoms with van der Waals surface area (Å²) in [6.45, 7) is 0.733. The molecule has 1 aliphatic heterocycles. The lowest BCUT2D eigenvalue weighted by Gasteiger charge is -2.25. The number of nitrogens with zero attached hydrogens (tertiary/aromatic N) is 1. The number of hydrogen-bond donors (Lipinski definition) is 1. The normalized spacial score (nSPS) is 16.5. The van der Waals surface area contributed by atoms with Gasteiger partial charge in [-0.1, -0.05) is 30.3 Å². The van der Waals surface area contributed by atoms with E-state index in [4.69, 9.17) is 4.74 Å². The molecule has 1 heterocycles. The molecule has 2 aromatic carbocycles. The first-order valence-corrected chi connectivity index (χ1v) is 8.45. The number of amides is 2. The summed E-state index contributed by atoms with van der Waals surface area (Å²) in [5, 5.41) is 2.72. The summed E-state index contributed by atoms with van der Waals surface area (Å²) >= 11 is 0. The van der Waals surface area contributed by atoms with Gasteiger partial charge in [0.15, 0.2) is 0 Å². The number of hydrogen-bond acceptors (Lipinski definition) is 3. The van der Waals surface area contributed by atoms with Crippen LogP contribution in [0.1, 0.15) is 34.8 Å². The minimum absolute atomic E-state index is 0.0143. The van der Waals surface area contributed by atoms with Gasteiger partial charge in [0.05, 0.1) is 19.7 Å². The minimum Gasteiger partial charge on any atom is -0.497 e. The number of carbonyl (C=O) groups excluding carboxylic acids is 2. The van der Waals surface area contributed by atoms with E-state index in [9.17, 15) is 9.59 Å². The highest BCUT2D eigenvalue weighted by molar-refractivity contribution is 5.96. The van der Waals surface area contributed by atoms with Crippen molar-refractivity contribution in [1.82, 2.24) is 10.2 Å². The average Bonchev–Trinajstić information content (AvgIpc) is 3.16. The summed E-state index contributed by atoms with van der Waals surface area (Å²) in [5.74, 6) is 0.520. The average molecular weight is 338 g/mol. The molecule has 130 valence electrons. The molecular formula is C20H22N2O3. The van der Waals surface area contributed by atoms with Crippen LogP contribution in [0.15, 0.2) is 54.6 Å². The van der Waals surface area contributed by atoms with Gasteiger partial charge in [-0.3, -0.25) is 9.59 Å². The van der Waals surface area contributed by atoms with Crippen LogP contribution in [-0.2, 0) is 4.79 Å². The molecule has 0 aromatic heterocycles. The Balaban J connectivity index is 1.61. The Bertz CT molecular complexity index is 728. The first-order chi connectivity index (χ1) is 12.2. The molecule has 5 heteroatoms. The highest BCUT2D eigenvalue weighted by Gasteiger charge is 2.29. The number of likely N-dealkylation sites (tertiary alicyclic amines) is 1. The summed E-state index contributed by atoms with van der Waals surface area (Å²) in [5.41, 5.74) is 1.66. The Morgan fingerprint density at radius 3 is 2.52 bits per heavy atom. The number of carbonyl (C=O) groups is 2. The van der Waals surface area contributed by atoms with E-state index in [1.807, 2.05) is 35.2 Å². The molecule has 3 rings (SSSR count). The third-order valence-electron chi connectivity index (χ3n) is 4.51. The van der Waals surface area contributed by atoms with Crippen LogP contribution in [0.5, 0.6) is 5.75 Å². The molecular weight excluding hydrogens is 316 g/mol. The quantitative estimate of drug-likeness (QED) is 0.912. The molecule has 1 unspecified atom stereocenters. The van der Waals surface area contributed by atoms with Crippen molar-refractivity contribution in [3.8, 4) is 5.75 Å². The van der Waals surface area contributed by atoms with Crippen molar-refractivity contribution in [2.24, 2.45) is 0 Å². The van der Waals surface area contributed by atoms with Gasteiger partial charge in [0.2, 0.25) is 5.91 Å². The zero-order valence-electron chi connectivity index (χ0n) is 14.3. The molecule has 0 bridgehead atoms. The van der Waals surface area contributed by atoms with Crippen LogP contribution < -0.4 is 10.1 Å². The maximum Gasteiger partial charge on any atom is 0.251 e. The number of nitrogens with one attached hydrogen (secondary N) is 1. The molecule has 1 N–H and O–H groups in total. The third kappa shape index (κ3) is 3.99. The molecule has 0 radical (unpaired) electrons.